The van der Waals surface area contributed by atoms with Crippen LogP contribution in [0.15, 0.2) is 6.20 Å². The Morgan fingerprint density at radius 3 is 2.71 bits per heavy atom. The minimum absolute atomic E-state index is 0.0305. The lowest BCUT2D eigenvalue weighted by atomic mass is 10.1. The summed E-state index contributed by atoms with van der Waals surface area (Å²) in [5.41, 5.74) is -0.0930. The Morgan fingerprint density at radius 2 is 2.14 bits per heavy atom. The summed E-state index contributed by atoms with van der Waals surface area (Å²) in [6.45, 7) is 1.93. The molecule has 1 aromatic heterocycles. The second-order valence-electron chi connectivity index (χ2n) is 5.86. The van der Waals surface area contributed by atoms with Gasteiger partial charge in [0.2, 0.25) is 5.82 Å². The van der Waals surface area contributed by atoms with Crippen molar-refractivity contribution in [3.63, 3.8) is 0 Å². The molecule has 2 aliphatic rings. The molecule has 1 aromatic rings. The zero-order valence-electron chi connectivity index (χ0n) is 11.7. The van der Waals surface area contributed by atoms with E-state index in [4.69, 9.17) is 0 Å². The first kappa shape index (κ1) is 13.7. The number of carbonyl (C=O) groups is 1. The van der Waals surface area contributed by atoms with Crippen molar-refractivity contribution in [3.05, 3.63) is 16.3 Å². The van der Waals surface area contributed by atoms with Crippen LogP contribution in [-0.4, -0.2) is 57.0 Å². The lowest BCUT2D eigenvalue weighted by molar-refractivity contribution is -0.384. The van der Waals surface area contributed by atoms with Crippen LogP contribution in [0.1, 0.15) is 12.8 Å². The van der Waals surface area contributed by atoms with Crippen LogP contribution in [0.3, 0.4) is 0 Å². The van der Waals surface area contributed by atoms with Crippen molar-refractivity contribution in [2.24, 2.45) is 12.5 Å². The Balaban J connectivity index is 1.91. The summed E-state index contributed by atoms with van der Waals surface area (Å²) in [5.74, 6) is 0.457. The number of carboxylic acid groups (broad SMARTS) is 1. The Hall–Kier alpha value is -2.32. The maximum absolute atomic E-state index is 11.2. The number of amides is 1. The predicted octanol–water partition coefficient (Wildman–Crippen LogP) is 0.908. The molecule has 9 nitrogen and oxygen atoms in total. The molecule has 21 heavy (non-hydrogen) atoms. The van der Waals surface area contributed by atoms with Gasteiger partial charge in [-0.2, -0.15) is 5.10 Å². The van der Waals surface area contributed by atoms with Crippen molar-refractivity contribution in [2.75, 3.05) is 31.1 Å². The minimum atomic E-state index is -0.928. The van der Waals surface area contributed by atoms with Crippen molar-refractivity contribution < 1.29 is 14.8 Å². The van der Waals surface area contributed by atoms with Gasteiger partial charge < -0.3 is 14.9 Å². The highest BCUT2D eigenvalue weighted by atomic mass is 16.6. The van der Waals surface area contributed by atoms with Gasteiger partial charge in [0.1, 0.15) is 6.20 Å². The molecular weight excluding hydrogens is 278 g/mol. The molecule has 1 saturated carbocycles. The lowest BCUT2D eigenvalue weighted by Gasteiger charge is -2.24. The molecule has 0 unspecified atom stereocenters. The number of hydrogen-bond donors (Lipinski definition) is 1. The van der Waals surface area contributed by atoms with Crippen molar-refractivity contribution in [1.82, 2.24) is 14.7 Å². The normalized spacial score (nSPS) is 20.4. The summed E-state index contributed by atoms with van der Waals surface area (Å²) in [7, 11) is 1.67. The summed E-state index contributed by atoms with van der Waals surface area (Å²) < 4.78 is 1.49. The van der Waals surface area contributed by atoms with Gasteiger partial charge in [0.05, 0.1) is 4.92 Å². The van der Waals surface area contributed by atoms with E-state index in [0.29, 0.717) is 32.0 Å². The Labute approximate surface area is 120 Å². The molecule has 2 heterocycles. The van der Waals surface area contributed by atoms with Gasteiger partial charge in [0, 0.05) is 38.6 Å². The van der Waals surface area contributed by atoms with E-state index < -0.39 is 11.0 Å². The number of rotatable bonds is 2. The first-order chi connectivity index (χ1) is 9.92. The third-order valence-electron chi connectivity index (χ3n) is 4.31. The Bertz CT molecular complexity index is 594. The molecule has 0 atom stereocenters. The fraction of sp³-hybridized carbons (Fsp3) is 0.667. The molecule has 1 N–H and O–H groups in total. The van der Waals surface area contributed by atoms with Gasteiger partial charge in [-0.1, -0.05) is 0 Å². The molecule has 1 saturated heterocycles. The largest absolute Gasteiger partial charge is 0.465 e. The van der Waals surface area contributed by atoms with Gasteiger partial charge in [-0.3, -0.25) is 10.1 Å². The van der Waals surface area contributed by atoms with E-state index in [1.807, 2.05) is 4.90 Å². The van der Waals surface area contributed by atoms with Crippen LogP contribution in [0.5, 0.6) is 0 Å². The van der Waals surface area contributed by atoms with E-state index in [9.17, 15) is 20.0 Å². The molecular formula is C12H17N5O4. The minimum Gasteiger partial charge on any atom is -0.465 e. The van der Waals surface area contributed by atoms with Crippen molar-refractivity contribution in [1.29, 1.82) is 0 Å². The maximum atomic E-state index is 11.2. The molecule has 3 rings (SSSR count). The quantitative estimate of drug-likeness (QED) is 0.642. The van der Waals surface area contributed by atoms with Gasteiger partial charge in [-0.15, -0.1) is 0 Å². The number of anilines is 1. The smallest absolute Gasteiger partial charge is 0.407 e. The van der Waals surface area contributed by atoms with E-state index in [0.717, 1.165) is 12.8 Å². The first-order valence-corrected chi connectivity index (χ1v) is 6.81. The van der Waals surface area contributed by atoms with Gasteiger partial charge in [0.25, 0.3) is 0 Å². The topological polar surface area (TPSA) is 105 Å². The van der Waals surface area contributed by atoms with Crippen molar-refractivity contribution in [2.45, 2.75) is 12.8 Å². The van der Waals surface area contributed by atoms with Crippen LogP contribution in [0.4, 0.5) is 16.3 Å². The number of aryl methyl sites for hydroxylation is 1. The highest BCUT2D eigenvalue weighted by Gasteiger charge is 2.48. The maximum Gasteiger partial charge on any atom is 0.407 e. The molecule has 1 amide bonds. The Morgan fingerprint density at radius 1 is 1.43 bits per heavy atom. The van der Waals surface area contributed by atoms with Gasteiger partial charge in [-0.05, 0) is 12.8 Å². The molecule has 9 heteroatoms. The average molecular weight is 295 g/mol. The van der Waals surface area contributed by atoms with Crippen LogP contribution in [-0.2, 0) is 7.05 Å². The second-order valence-corrected chi connectivity index (χ2v) is 5.86. The first-order valence-electron chi connectivity index (χ1n) is 6.81. The fourth-order valence-electron chi connectivity index (χ4n) is 3.01. The summed E-state index contributed by atoms with van der Waals surface area (Å²) in [4.78, 5) is 25.2. The number of nitrogens with zero attached hydrogens (tertiary/aromatic N) is 5. The highest BCUT2D eigenvalue weighted by molar-refractivity contribution is 5.66. The number of nitro groups is 1. The van der Waals surface area contributed by atoms with Crippen molar-refractivity contribution in [3.8, 4) is 0 Å². The summed E-state index contributed by atoms with van der Waals surface area (Å²) >= 11 is 0. The number of aromatic nitrogens is 2. The summed E-state index contributed by atoms with van der Waals surface area (Å²) in [5, 5.41) is 24.3. The monoisotopic (exact) mass is 295 g/mol. The molecule has 0 bridgehead atoms. The number of hydrogen-bond acceptors (Lipinski definition) is 5. The van der Waals surface area contributed by atoms with Crippen LogP contribution < -0.4 is 4.90 Å². The van der Waals surface area contributed by atoms with E-state index in [-0.39, 0.29) is 11.1 Å². The average Bonchev–Trinajstić information content (AvgIpc) is 3.11. The fourth-order valence-corrected chi connectivity index (χ4v) is 3.01. The molecule has 2 fully saturated rings. The van der Waals surface area contributed by atoms with Gasteiger partial charge in [0.15, 0.2) is 0 Å². The van der Waals surface area contributed by atoms with Gasteiger partial charge >= 0.3 is 11.8 Å². The van der Waals surface area contributed by atoms with E-state index in [1.54, 1.807) is 7.05 Å². The van der Waals surface area contributed by atoms with Crippen LogP contribution in [0, 0.1) is 15.5 Å². The third-order valence-corrected chi connectivity index (χ3v) is 4.31. The van der Waals surface area contributed by atoms with E-state index >= 15 is 0 Å². The van der Waals surface area contributed by atoms with Gasteiger partial charge in [-0.25, -0.2) is 9.48 Å². The molecule has 114 valence electrons. The molecule has 1 aliphatic carbocycles. The predicted molar refractivity (Wildman–Crippen MR) is 73.3 cm³/mol. The van der Waals surface area contributed by atoms with Crippen LogP contribution >= 0.6 is 0 Å². The van der Waals surface area contributed by atoms with E-state index in [1.165, 1.54) is 15.8 Å². The van der Waals surface area contributed by atoms with Crippen molar-refractivity contribution >= 4 is 17.6 Å². The van der Waals surface area contributed by atoms with Crippen LogP contribution in [0.2, 0.25) is 0 Å². The summed E-state index contributed by atoms with van der Waals surface area (Å²) in [6, 6.07) is 0. The lowest BCUT2D eigenvalue weighted by Crippen LogP contribution is -2.35. The molecule has 0 aromatic carbocycles. The second kappa shape index (κ2) is 4.61. The third kappa shape index (κ3) is 2.39. The summed E-state index contributed by atoms with van der Waals surface area (Å²) in [6.07, 6.45) is 2.23. The SMILES string of the molecule is Cn1ncc([N+](=O)[O-])c1N1CCN(C(=O)O)CC2(CC2)C1. The van der Waals surface area contributed by atoms with Crippen LogP contribution in [0.25, 0.3) is 0 Å². The standard InChI is InChI=1S/C12H17N5O4/c1-14-10(9(6-13-14)17(20)21)15-4-5-16(11(18)19)8-12(7-15)2-3-12/h6H,2-5,7-8H2,1H3,(H,18,19). The molecule has 1 aliphatic heterocycles. The molecule has 0 radical (unpaired) electrons. The van der Waals surface area contributed by atoms with E-state index in [2.05, 4.69) is 5.10 Å². The zero-order chi connectivity index (χ0) is 15.2. The zero-order valence-corrected chi connectivity index (χ0v) is 11.7. The highest BCUT2D eigenvalue weighted by Crippen LogP contribution is 2.49. The Kier molecular flexibility index (Phi) is 2.99. The molecule has 1 spiro atoms.